The number of rotatable bonds is 7. The lowest BCUT2D eigenvalue weighted by molar-refractivity contribution is 0.0546. The molecule has 0 saturated heterocycles. The van der Waals surface area contributed by atoms with Gasteiger partial charge in [-0.3, -0.25) is 0 Å². The van der Waals surface area contributed by atoms with E-state index in [-0.39, 0.29) is 0 Å². The highest BCUT2D eigenvalue weighted by atomic mass is 16.5. The van der Waals surface area contributed by atoms with Crippen molar-refractivity contribution in [2.24, 2.45) is 0 Å². The third kappa shape index (κ3) is 3.81. The van der Waals surface area contributed by atoms with E-state index in [0.717, 1.165) is 5.39 Å². The first-order valence-electron chi connectivity index (χ1n) is 6.03. The van der Waals surface area contributed by atoms with Crippen molar-refractivity contribution in [2.75, 3.05) is 33.5 Å². The molecule has 19 heavy (non-hydrogen) atoms. The summed E-state index contributed by atoms with van der Waals surface area (Å²) in [6, 6.07) is 8.60. The molecule has 0 saturated carbocycles. The molecule has 5 heteroatoms. The van der Waals surface area contributed by atoms with E-state index >= 15 is 0 Å². The summed E-state index contributed by atoms with van der Waals surface area (Å²) in [5.41, 5.74) is 0.0966. The second-order valence-electron chi connectivity index (χ2n) is 3.88. The van der Waals surface area contributed by atoms with Gasteiger partial charge < -0.3 is 18.6 Å². The largest absolute Gasteiger partial charge is 0.490 e. The van der Waals surface area contributed by atoms with Crippen molar-refractivity contribution in [3.05, 3.63) is 40.8 Å². The van der Waals surface area contributed by atoms with Crippen molar-refractivity contribution in [1.82, 2.24) is 0 Å². The van der Waals surface area contributed by atoms with Crippen LogP contribution in [0.25, 0.3) is 11.0 Å². The first-order valence-corrected chi connectivity index (χ1v) is 6.03. The molecule has 1 heterocycles. The maximum absolute atomic E-state index is 11.4. The third-order valence-electron chi connectivity index (χ3n) is 2.53. The SMILES string of the molecule is COCCOCCOc1cc(=O)oc2ccccc12. The van der Waals surface area contributed by atoms with E-state index in [4.69, 9.17) is 18.6 Å². The summed E-state index contributed by atoms with van der Waals surface area (Å²) in [6.07, 6.45) is 0. The summed E-state index contributed by atoms with van der Waals surface area (Å²) in [5, 5.41) is 0.777. The summed E-state index contributed by atoms with van der Waals surface area (Å²) in [7, 11) is 1.62. The van der Waals surface area contributed by atoms with Crippen LogP contribution < -0.4 is 10.4 Å². The van der Waals surface area contributed by atoms with E-state index in [1.54, 1.807) is 13.2 Å². The zero-order valence-electron chi connectivity index (χ0n) is 10.8. The molecule has 0 aliphatic rings. The van der Waals surface area contributed by atoms with Gasteiger partial charge in [-0.15, -0.1) is 0 Å². The number of para-hydroxylation sites is 1. The normalized spacial score (nSPS) is 10.8. The van der Waals surface area contributed by atoms with E-state index in [0.29, 0.717) is 37.8 Å². The molecular weight excluding hydrogens is 248 g/mol. The Balaban J connectivity index is 1.98. The van der Waals surface area contributed by atoms with Crippen LogP contribution in [0.3, 0.4) is 0 Å². The average molecular weight is 264 g/mol. The summed E-state index contributed by atoms with van der Waals surface area (Å²) >= 11 is 0. The molecule has 5 nitrogen and oxygen atoms in total. The minimum absolute atomic E-state index is 0.372. The highest BCUT2D eigenvalue weighted by molar-refractivity contribution is 5.82. The lowest BCUT2D eigenvalue weighted by Crippen LogP contribution is -2.11. The van der Waals surface area contributed by atoms with Crippen molar-refractivity contribution in [3.8, 4) is 5.75 Å². The van der Waals surface area contributed by atoms with Gasteiger partial charge in [-0.05, 0) is 12.1 Å². The highest BCUT2D eigenvalue weighted by Gasteiger charge is 2.05. The van der Waals surface area contributed by atoms with E-state index < -0.39 is 5.63 Å². The van der Waals surface area contributed by atoms with Crippen molar-refractivity contribution in [1.29, 1.82) is 0 Å². The Morgan fingerprint density at radius 3 is 2.74 bits per heavy atom. The van der Waals surface area contributed by atoms with Gasteiger partial charge in [-0.25, -0.2) is 4.79 Å². The maximum Gasteiger partial charge on any atom is 0.339 e. The molecular formula is C14H16O5. The fourth-order valence-corrected chi connectivity index (χ4v) is 1.66. The molecule has 0 atom stereocenters. The van der Waals surface area contributed by atoms with Crippen LogP contribution in [0.2, 0.25) is 0 Å². The van der Waals surface area contributed by atoms with Crippen LogP contribution in [0, 0.1) is 0 Å². The van der Waals surface area contributed by atoms with E-state index in [1.165, 1.54) is 6.07 Å². The average Bonchev–Trinajstić information content (AvgIpc) is 2.42. The minimum Gasteiger partial charge on any atom is -0.490 e. The minimum atomic E-state index is -0.422. The maximum atomic E-state index is 11.4. The monoisotopic (exact) mass is 264 g/mol. The molecule has 0 spiro atoms. The number of benzene rings is 1. The molecule has 0 aliphatic heterocycles. The smallest absolute Gasteiger partial charge is 0.339 e. The molecule has 0 amide bonds. The van der Waals surface area contributed by atoms with Gasteiger partial charge in [0.2, 0.25) is 0 Å². The summed E-state index contributed by atoms with van der Waals surface area (Å²) in [6.45, 7) is 1.89. The van der Waals surface area contributed by atoms with Crippen LogP contribution in [-0.2, 0) is 9.47 Å². The lowest BCUT2D eigenvalue weighted by Gasteiger charge is -2.08. The fourth-order valence-electron chi connectivity index (χ4n) is 1.66. The quantitative estimate of drug-likeness (QED) is 0.564. The Bertz CT molecular complexity index is 575. The van der Waals surface area contributed by atoms with Gasteiger partial charge in [0, 0.05) is 7.11 Å². The first-order chi connectivity index (χ1) is 9.31. The Morgan fingerprint density at radius 2 is 1.89 bits per heavy atom. The zero-order chi connectivity index (χ0) is 13.5. The van der Waals surface area contributed by atoms with Crippen LogP contribution in [-0.4, -0.2) is 33.5 Å². The predicted molar refractivity (Wildman–Crippen MR) is 70.7 cm³/mol. The molecule has 1 aromatic carbocycles. The molecule has 0 aliphatic carbocycles. The number of hydrogen-bond donors (Lipinski definition) is 0. The van der Waals surface area contributed by atoms with Gasteiger partial charge in [0.05, 0.1) is 31.3 Å². The van der Waals surface area contributed by atoms with Crippen molar-refractivity contribution in [2.45, 2.75) is 0 Å². The number of methoxy groups -OCH3 is 1. The summed E-state index contributed by atoms with van der Waals surface area (Å²) in [5.74, 6) is 0.516. The van der Waals surface area contributed by atoms with Crippen LogP contribution in [0.1, 0.15) is 0 Å². The molecule has 0 N–H and O–H groups in total. The standard InChI is InChI=1S/C14H16O5/c1-16-6-7-17-8-9-18-13-10-14(15)19-12-5-3-2-4-11(12)13/h2-5,10H,6-9H2,1H3. The Morgan fingerprint density at radius 1 is 1.11 bits per heavy atom. The Kier molecular flexibility index (Phi) is 4.94. The highest BCUT2D eigenvalue weighted by Crippen LogP contribution is 2.22. The molecule has 102 valence electrons. The lowest BCUT2D eigenvalue weighted by atomic mass is 10.2. The first kappa shape index (κ1) is 13.6. The van der Waals surface area contributed by atoms with Crippen LogP contribution >= 0.6 is 0 Å². The molecule has 0 unspecified atom stereocenters. The molecule has 0 radical (unpaired) electrons. The Hall–Kier alpha value is -1.85. The predicted octanol–water partition coefficient (Wildman–Crippen LogP) is 1.83. The van der Waals surface area contributed by atoms with Crippen LogP contribution in [0.4, 0.5) is 0 Å². The number of fused-ring (bicyclic) bond motifs is 1. The van der Waals surface area contributed by atoms with Gasteiger partial charge >= 0.3 is 5.63 Å². The number of ether oxygens (including phenoxy) is 3. The van der Waals surface area contributed by atoms with Crippen LogP contribution in [0.5, 0.6) is 5.75 Å². The fraction of sp³-hybridized carbons (Fsp3) is 0.357. The Labute approximate surface area is 110 Å². The molecule has 2 aromatic rings. The van der Waals surface area contributed by atoms with Gasteiger partial charge in [-0.2, -0.15) is 0 Å². The van der Waals surface area contributed by atoms with Gasteiger partial charge in [0.1, 0.15) is 17.9 Å². The topological polar surface area (TPSA) is 57.9 Å². The van der Waals surface area contributed by atoms with Gasteiger partial charge in [0.15, 0.2) is 0 Å². The second kappa shape index (κ2) is 6.92. The molecule has 0 bridgehead atoms. The van der Waals surface area contributed by atoms with Crippen molar-refractivity contribution in [3.63, 3.8) is 0 Å². The number of hydrogen-bond acceptors (Lipinski definition) is 5. The summed E-state index contributed by atoms with van der Waals surface area (Å²) in [4.78, 5) is 11.4. The van der Waals surface area contributed by atoms with Crippen molar-refractivity contribution < 1.29 is 18.6 Å². The van der Waals surface area contributed by atoms with Crippen molar-refractivity contribution >= 4 is 11.0 Å². The van der Waals surface area contributed by atoms with Gasteiger partial charge in [0.25, 0.3) is 0 Å². The molecule has 1 aromatic heterocycles. The zero-order valence-corrected chi connectivity index (χ0v) is 10.8. The molecule has 0 fully saturated rings. The van der Waals surface area contributed by atoms with E-state index in [2.05, 4.69) is 0 Å². The van der Waals surface area contributed by atoms with Crippen LogP contribution in [0.15, 0.2) is 39.5 Å². The second-order valence-corrected chi connectivity index (χ2v) is 3.88. The third-order valence-corrected chi connectivity index (χ3v) is 2.53. The van der Waals surface area contributed by atoms with E-state index in [1.807, 2.05) is 18.2 Å². The van der Waals surface area contributed by atoms with Gasteiger partial charge in [-0.1, -0.05) is 12.1 Å². The van der Waals surface area contributed by atoms with E-state index in [9.17, 15) is 4.79 Å². The summed E-state index contributed by atoms with van der Waals surface area (Å²) < 4.78 is 20.8. The molecule has 2 rings (SSSR count).